The lowest BCUT2D eigenvalue weighted by Gasteiger charge is -2.01. The summed E-state index contributed by atoms with van der Waals surface area (Å²) in [5.74, 6) is -1.01. The number of nitrogens with one attached hydrogen (secondary N) is 1. The third-order valence-corrected chi connectivity index (χ3v) is 2.32. The minimum absolute atomic E-state index is 0.0413. The average Bonchev–Trinajstić information content (AvgIpc) is 2.17. The number of nitrogens with zero attached hydrogens (tertiary/aromatic N) is 1. The Morgan fingerprint density at radius 1 is 1.53 bits per heavy atom. The Hall–Kier alpha value is -1.60. The highest BCUT2D eigenvalue weighted by molar-refractivity contribution is 7.97. The first-order valence-corrected chi connectivity index (χ1v) is 4.78. The summed E-state index contributed by atoms with van der Waals surface area (Å²) in [4.78, 5) is 20.6. The van der Waals surface area contributed by atoms with Gasteiger partial charge in [0.05, 0.1) is 4.92 Å². The fourth-order valence-corrected chi connectivity index (χ4v) is 1.61. The molecule has 0 unspecified atom stereocenters. The van der Waals surface area contributed by atoms with Gasteiger partial charge in [0.1, 0.15) is 11.4 Å². The van der Waals surface area contributed by atoms with Crippen molar-refractivity contribution in [2.45, 2.75) is 4.90 Å². The summed E-state index contributed by atoms with van der Waals surface area (Å²) in [7, 11) is 0. The Kier molecular flexibility index (Phi) is 4.07. The molecule has 0 bridgehead atoms. The van der Waals surface area contributed by atoms with E-state index in [-0.39, 0.29) is 12.2 Å². The number of rotatable bonds is 5. The van der Waals surface area contributed by atoms with Gasteiger partial charge in [-0.3, -0.25) is 14.9 Å². The Morgan fingerprint density at radius 2 is 2.20 bits per heavy atom. The van der Waals surface area contributed by atoms with E-state index in [9.17, 15) is 14.9 Å². The Balaban J connectivity index is 2.67. The van der Waals surface area contributed by atoms with E-state index in [0.717, 1.165) is 11.9 Å². The number of carbonyl (C=O) groups is 1. The molecule has 0 aliphatic heterocycles. The molecule has 0 spiro atoms. The Bertz CT molecular complexity index is 383. The second-order valence-electron chi connectivity index (χ2n) is 2.54. The van der Waals surface area contributed by atoms with Crippen LogP contribution in [-0.2, 0) is 4.79 Å². The average molecular weight is 228 g/mol. The van der Waals surface area contributed by atoms with Gasteiger partial charge in [-0.05, 0) is 18.0 Å². The molecule has 0 heterocycles. The molecule has 80 valence electrons. The van der Waals surface area contributed by atoms with E-state index in [1.165, 1.54) is 6.07 Å². The van der Waals surface area contributed by atoms with Crippen LogP contribution in [0.4, 0.5) is 5.69 Å². The molecule has 1 rings (SSSR count). The fourth-order valence-electron chi connectivity index (χ4n) is 0.870. The molecule has 0 atom stereocenters. The molecule has 15 heavy (non-hydrogen) atoms. The monoisotopic (exact) mass is 228 g/mol. The minimum Gasteiger partial charge on any atom is -0.480 e. The van der Waals surface area contributed by atoms with Crippen molar-refractivity contribution in [3.63, 3.8) is 0 Å². The molecule has 0 amide bonds. The van der Waals surface area contributed by atoms with Crippen LogP contribution >= 0.6 is 11.9 Å². The SMILES string of the molecule is O=C(O)CNSc1ccccc1[N+](=O)[O-]. The molecule has 0 aliphatic carbocycles. The summed E-state index contributed by atoms with van der Waals surface area (Å²) in [6.07, 6.45) is 0. The number of carboxylic acid groups (broad SMARTS) is 1. The second-order valence-corrected chi connectivity index (χ2v) is 3.47. The number of hydrogen-bond acceptors (Lipinski definition) is 5. The van der Waals surface area contributed by atoms with Gasteiger partial charge in [0.2, 0.25) is 0 Å². The van der Waals surface area contributed by atoms with Gasteiger partial charge in [0.15, 0.2) is 0 Å². The minimum atomic E-state index is -1.01. The van der Waals surface area contributed by atoms with Crippen molar-refractivity contribution in [3.8, 4) is 0 Å². The quantitative estimate of drug-likeness (QED) is 0.448. The van der Waals surface area contributed by atoms with Crippen LogP contribution in [0.2, 0.25) is 0 Å². The molecule has 2 N–H and O–H groups in total. The van der Waals surface area contributed by atoms with Crippen LogP contribution in [-0.4, -0.2) is 22.5 Å². The third kappa shape index (κ3) is 3.56. The van der Waals surface area contributed by atoms with Crippen LogP contribution in [0.3, 0.4) is 0 Å². The maximum atomic E-state index is 10.6. The van der Waals surface area contributed by atoms with Gasteiger partial charge in [-0.15, -0.1) is 0 Å². The summed E-state index contributed by atoms with van der Waals surface area (Å²) >= 11 is 0.931. The molecule has 0 saturated heterocycles. The molecule has 0 fully saturated rings. The van der Waals surface area contributed by atoms with Crippen LogP contribution in [0.25, 0.3) is 0 Å². The second kappa shape index (κ2) is 5.32. The molecule has 0 aliphatic rings. The summed E-state index contributed by atoms with van der Waals surface area (Å²) in [6.45, 7) is -0.253. The number of hydrogen-bond donors (Lipinski definition) is 2. The van der Waals surface area contributed by atoms with Crippen LogP contribution in [0.1, 0.15) is 0 Å². The van der Waals surface area contributed by atoms with Gasteiger partial charge in [-0.1, -0.05) is 12.1 Å². The standard InChI is InChI=1S/C8H8N2O4S/c11-8(12)5-9-15-7-4-2-1-3-6(7)10(13)14/h1-4,9H,5H2,(H,11,12). The van der Waals surface area contributed by atoms with Gasteiger partial charge in [0.25, 0.3) is 5.69 Å². The van der Waals surface area contributed by atoms with Crippen molar-refractivity contribution in [2.24, 2.45) is 0 Å². The first-order chi connectivity index (χ1) is 7.11. The van der Waals surface area contributed by atoms with Crippen molar-refractivity contribution in [3.05, 3.63) is 34.4 Å². The van der Waals surface area contributed by atoms with Gasteiger partial charge < -0.3 is 5.11 Å². The highest BCUT2D eigenvalue weighted by Crippen LogP contribution is 2.26. The number of carboxylic acids is 1. The maximum Gasteiger partial charge on any atom is 0.318 e. The van der Waals surface area contributed by atoms with Crippen molar-refractivity contribution in [1.29, 1.82) is 0 Å². The molecule has 1 aromatic rings. The van der Waals surface area contributed by atoms with E-state index in [4.69, 9.17) is 5.11 Å². The van der Waals surface area contributed by atoms with E-state index < -0.39 is 10.9 Å². The predicted molar refractivity (Wildman–Crippen MR) is 54.6 cm³/mol. The highest BCUT2D eigenvalue weighted by Gasteiger charge is 2.12. The van der Waals surface area contributed by atoms with Crippen LogP contribution in [0, 0.1) is 10.1 Å². The number of para-hydroxylation sites is 1. The van der Waals surface area contributed by atoms with Crippen molar-refractivity contribution >= 4 is 23.6 Å². The van der Waals surface area contributed by atoms with Crippen molar-refractivity contribution in [2.75, 3.05) is 6.54 Å². The van der Waals surface area contributed by atoms with Crippen LogP contribution in [0.15, 0.2) is 29.2 Å². The van der Waals surface area contributed by atoms with E-state index in [2.05, 4.69) is 4.72 Å². The number of aliphatic carboxylic acids is 1. The van der Waals surface area contributed by atoms with Gasteiger partial charge in [-0.2, -0.15) is 0 Å². The molecule has 0 radical (unpaired) electrons. The first-order valence-electron chi connectivity index (χ1n) is 3.96. The normalized spacial score (nSPS) is 9.87. The first kappa shape index (κ1) is 11.5. The Morgan fingerprint density at radius 3 is 2.80 bits per heavy atom. The predicted octanol–water partition coefficient (Wildman–Crippen LogP) is 1.28. The van der Waals surface area contributed by atoms with E-state index >= 15 is 0 Å². The zero-order valence-corrected chi connectivity index (χ0v) is 8.36. The fraction of sp³-hybridized carbons (Fsp3) is 0.125. The molecule has 6 nitrogen and oxygen atoms in total. The summed E-state index contributed by atoms with van der Waals surface area (Å²) in [5.41, 5.74) is -0.0413. The summed E-state index contributed by atoms with van der Waals surface area (Å²) < 4.78 is 2.51. The number of nitro benzene ring substituents is 1. The number of nitro groups is 1. The zero-order valence-electron chi connectivity index (χ0n) is 7.54. The molecule has 7 heteroatoms. The summed E-state index contributed by atoms with van der Waals surface area (Å²) in [5, 5.41) is 18.9. The zero-order chi connectivity index (χ0) is 11.3. The van der Waals surface area contributed by atoms with E-state index in [1.807, 2.05) is 0 Å². The lowest BCUT2D eigenvalue weighted by atomic mass is 10.3. The molecular formula is C8H8N2O4S. The van der Waals surface area contributed by atoms with Gasteiger partial charge in [0, 0.05) is 6.07 Å². The van der Waals surface area contributed by atoms with Gasteiger partial charge in [-0.25, -0.2) is 4.72 Å². The molecule has 0 aromatic heterocycles. The van der Waals surface area contributed by atoms with Crippen molar-refractivity contribution in [1.82, 2.24) is 4.72 Å². The van der Waals surface area contributed by atoms with Crippen LogP contribution in [0.5, 0.6) is 0 Å². The lowest BCUT2D eigenvalue weighted by molar-refractivity contribution is -0.387. The van der Waals surface area contributed by atoms with Crippen molar-refractivity contribution < 1.29 is 14.8 Å². The largest absolute Gasteiger partial charge is 0.480 e. The molecule has 0 saturated carbocycles. The smallest absolute Gasteiger partial charge is 0.318 e. The van der Waals surface area contributed by atoms with E-state index in [1.54, 1.807) is 18.2 Å². The Labute approximate surface area is 89.6 Å². The van der Waals surface area contributed by atoms with Crippen LogP contribution < -0.4 is 4.72 Å². The molecule has 1 aromatic carbocycles. The topological polar surface area (TPSA) is 92.5 Å². The van der Waals surface area contributed by atoms with E-state index in [0.29, 0.717) is 4.90 Å². The third-order valence-electron chi connectivity index (χ3n) is 1.47. The number of benzene rings is 1. The van der Waals surface area contributed by atoms with Gasteiger partial charge >= 0.3 is 5.97 Å². The maximum absolute atomic E-state index is 10.6. The highest BCUT2D eigenvalue weighted by atomic mass is 32.2. The summed E-state index contributed by atoms with van der Waals surface area (Å²) in [6, 6.07) is 6.12. The lowest BCUT2D eigenvalue weighted by Crippen LogP contribution is -2.15. The molecular weight excluding hydrogens is 220 g/mol.